The minimum absolute atomic E-state index is 0.0187. The molecule has 1 amide bonds. The van der Waals surface area contributed by atoms with Crippen molar-refractivity contribution in [2.75, 3.05) is 20.6 Å². The van der Waals surface area contributed by atoms with E-state index >= 15 is 0 Å². The zero-order chi connectivity index (χ0) is 34.8. The number of carboxylic acid groups (broad SMARTS) is 1. The quantitative estimate of drug-likeness (QED) is 0.182. The summed E-state index contributed by atoms with van der Waals surface area (Å²) >= 11 is 0. The monoisotopic (exact) mass is 657 g/mol. The molecule has 0 unspecified atom stereocenters. The van der Waals surface area contributed by atoms with Gasteiger partial charge in [0.05, 0.1) is 23.7 Å². The number of nitrogens with one attached hydrogen (secondary N) is 1. The lowest BCUT2D eigenvalue weighted by Gasteiger charge is -2.26. The molecule has 0 fully saturated rings. The van der Waals surface area contributed by atoms with Crippen molar-refractivity contribution < 1.29 is 32.3 Å². The highest BCUT2D eigenvalue weighted by Crippen LogP contribution is 2.34. The van der Waals surface area contributed by atoms with Crippen LogP contribution in [0.25, 0.3) is 16.9 Å². The van der Waals surface area contributed by atoms with Crippen LogP contribution in [0, 0.1) is 25.6 Å². The maximum Gasteiger partial charge on any atom is 0.416 e. The summed E-state index contributed by atoms with van der Waals surface area (Å²) in [6.45, 7) is 7.39. The number of hydrogen-bond acceptors (Lipinski definition) is 5. The summed E-state index contributed by atoms with van der Waals surface area (Å²) in [5.41, 5.74) is 1.24. The van der Waals surface area contributed by atoms with E-state index in [2.05, 4.69) is 10.3 Å². The zero-order valence-electron chi connectivity index (χ0n) is 27.2. The number of carboxylic acids is 1. The number of carbonyl (C=O) groups excluding carboxylic acids is 1. The van der Waals surface area contributed by atoms with Gasteiger partial charge in [-0.15, -0.1) is 0 Å². The van der Waals surface area contributed by atoms with Crippen LogP contribution >= 0.6 is 0 Å². The molecule has 0 saturated heterocycles. The fraction of sp³-hybridized carbons (Fsp3) is 0.412. The summed E-state index contributed by atoms with van der Waals surface area (Å²) in [6, 6.07) is 4.30. The highest BCUT2D eigenvalue weighted by atomic mass is 19.4. The average molecular weight is 658 g/mol. The van der Waals surface area contributed by atoms with Crippen molar-refractivity contribution in [2.45, 2.75) is 65.2 Å². The molecule has 3 heterocycles. The average Bonchev–Trinajstić information content (AvgIpc) is 3.42. The van der Waals surface area contributed by atoms with Gasteiger partial charge in [0, 0.05) is 36.8 Å². The molecule has 0 aliphatic rings. The first-order chi connectivity index (χ1) is 22.0. The zero-order valence-corrected chi connectivity index (χ0v) is 27.2. The van der Waals surface area contributed by atoms with Crippen LogP contribution in [-0.2, 0) is 22.2 Å². The first-order valence-electron chi connectivity index (χ1n) is 15.2. The number of alkyl halides is 3. The second kappa shape index (κ2) is 14.1. The topological polar surface area (TPSA) is 109 Å². The van der Waals surface area contributed by atoms with Gasteiger partial charge in [-0.05, 0) is 93.2 Å². The largest absolute Gasteiger partial charge is 0.481 e. The second-order valence-corrected chi connectivity index (χ2v) is 12.6. The number of benzene rings is 1. The van der Waals surface area contributed by atoms with Gasteiger partial charge in [0.2, 0.25) is 5.91 Å². The Morgan fingerprint density at radius 2 is 1.72 bits per heavy atom. The number of fused-ring (bicyclic) bond motifs is 1. The van der Waals surface area contributed by atoms with E-state index in [1.807, 2.05) is 13.8 Å². The molecule has 2 atom stereocenters. The predicted molar refractivity (Wildman–Crippen MR) is 170 cm³/mol. The van der Waals surface area contributed by atoms with Crippen molar-refractivity contribution in [1.82, 2.24) is 24.2 Å². The molecule has 0 saturated carbocycles. The Morgan fingerprint density at radius 1 is 1.06 bits per heavy atom. The van der Waals surface area contributed by atoms with Gasteiger partial charge < -0.3 is 19.9 Å². The molecule has 1 aromatic carbocycles. The molecule has 252 valence electrons. The molecule has 0 aliphatic heterocycles. The summed E-state index contributed by atoms with van der Waals surface area (Å²) in [5, 5.41) is 12.6. The Hall–Kier alpha value is -4.52. The number of aromatic nitrogens is 3. The number of rotatable bonds is 12. The molecule has 13 heteroatoms. The predicted octanol–water partition coefficient (Wildman–Crippen LogP) is 5.96. The lowest BCUT2D eigenvalue weighted by atomic mass is 9.95. The normalized spacial score (nSPS) is 13.4. The number of aliphatic carboxylic acids is 1. The van der Waals surface area contributed by atoms with Crippen molar-refractivity contribution in [3.05, 3.63) is 92.9 Å². The van der Waals surface area contributed by atoms with E-state index in [4.69, 9.17) is 0 Å². The lowest BCUT2D eigenvalue weighted by molar-refractivity contribution is -0.139. The Balaban J connectivity index is 1.82. The Kier molecular flexibility index (Phi) is 10.6. The van der Waals surface area contributed by atoms with E-state index < -0.39 is 53.5 Å². The number of hydrogen-bond donors (Lipinski definition) is 2. The summed E-state index contributed by atoms with van der Waals surface area (Å²) in [4.78, 5) is 45.4. The summed E-state index contributed by atoms with van der Waals surface area (Å²) in [7, 11) is 3.43. The van der Waals surface area contributed by atoms with E-state index in [0.717, 1.165) is 10.8 Å². The van der Waals surface area contributed by atoms with Crippen molar-refractivity contribution in [1.29, 1.82) is 0 Å². The maximum absolute atomic E-state index is 14.2. The number of likely N-dealkylation sites (N-methyl/N-ethyl adjacent to an activating group) is 1. The van der Waals surface area contributed by atoms with Crippen LogP contribution < -0.4 is 10.9 Å². The van der Waals surface area contributed by atoms with Crippen LogP contribution in [0.1, 0.15) is 66.6 Å². The van der Waals surface area contributed by atoms with Crippen LogP contribution in [-0.4, -0.2) is 56.5 Å². The van der Waals surface area contributed by atoms with Gasteiger partial charge in [0.15, 0.2) is 0 Å². The molecular formula is C34H39F4N5O4. The fourth-order valence-corrected chi connectivity index (χ4v) is 5.88. The molecule has 4 rings (SSSR count). The van der Waals surface area contributed by atoms with E-state index in [0.29, 0.717) is 39.7 Å². The SMILES string of the molecule is Cc1cc(F)cc(C)c1-c1cc([C@H](CC(=O)O)NC(=O)[C@@H](CC(C)C)n2cc(CCN(C)C)c(C(F)(F)F)cc2=O)cc2nccn12. The van der Waals surface area contributed by atoms with Gasteiger partial charge in [-0.3, -0.25) is 18.8 Å². The van der Waals surface area contributed by atoms with E-state index in [1.165, 1.54) is 12.1 Å². The number of amides is 1. The van der Waals surface area contributed by atoms with Crippen molar-refractivity contribution >= 4 is 17.5 Å². The van der Waals surface area contributed by atoms with E-state index in [-0.39, 0.29) is 30.9 Å². The minimum atomic E-state index is -4.77. The van der Waals surface area contributed by atoms with Crippen molar-refractivity contribution in [2.24, 2.45) is 5.92 Å². The summed E-state index contributed by atoms with van der Waals surface area (Å²) < 4.78 is 58.7. The molecule has 47 heavy (non-hydrogen) atoms. The van der Waals surface area contributed by atoms with Crippen LogP contribution in [0.4, 0.5) is 17.6 Å². The third-order valence-electron chi connectivity index (χ3n) is 8.01. The Bertz CT molecular complexity index is 1820. The highest BCUT2D eigenvalue weighted by molar-refractivity contribution is 5.82. The molecule has 3 aromatic heterocycles. The smallest absolute Gasteiger partial charge is 0.416 e. The molecule has 0 spiro atoms. The van der Waals surface area contributed by atoms with Crippen molar-refractivity contribution in [3.8, 4) is 11.3 Å². The molecule has 4 aromatic rings. The van der Waals surface area contributed by atoms with Crippen LogP contribution in [0.2, 0.25) is 0 Å². The summed E-state index contributed by atoms with van der Waals surface area (Å²) in [5.74, 6) is -2.49. The number of pyridine rings is 2. The van der Waals surface area contributed by atoms with Crippen LogP contribution in [0.5, 0.6) is 0 Å². The molecule has 0 radical (unpaired) electrons. The Morgan fingerprint density at radius 3 is 2.30 bits per heavy atom. The second-order valence-electron chi connectivity index (χ2n) is 12.6. The number of carbonyl (C=O) groups is 2. The number of imidazole rings is 1. The molecule has 0 bridgehead atoms. The number of aryl methyl sites for hydroxylation is 2. The van der Waals surface area contributed by atoms with Crippen LogP contribution in [0.3, 0.4) is 0 Å². The van der Waals surface area contributed by atoms with Crippen molar-refractivity contribution in [3.63, 3.8) is 0 Å². The number of halogens is 4. The minimum Gasteiger partial charge on any atom is -0.481 e. The summed E-state index contributed by atoms with van der Waals surface area (Å²) in [6.07, 6.45) is -0.851. The van der Waals surface area contributed by atoms with Gasteiger partial charge in [-0.2, -0.15) is 13.2 Å². The highest BCUT2D eigenvalue weighted by Gasteiger charge is 2.36. The van der Waals surface area contributed by atoms with Crippen LogP contribution in [0.15, 0.2) is 53.7 Å². The molecule has 0 aliphatic carbocycles. The number of nitrogens with zero attached hydrogens (tertiary/aromatic N) is 4. The first-order valence-corrected chi connectivity index (χ1v) is 15.2. The third-order valence-corrected chi connectivity index (χ3v) is 8.01. The van der Waals surface area contributed by atoms with Gasteiger partial charge >= 0.3 is 12.1 Å². The molecular weight excluding hydrogens is 618 g/mol. The van der Waals surface area contributed by atoms with Gasteiger partial charge in [0.25, 0.3) is 5.56 Å². The Labute approximate surface area is 269 Å². The molecule has 9 nitrogen and oxygen atoms in total. The molecule has 2 N–H and O–H groups in total. The van der Waals surface area contributed by atoms with Gasteiger partial charge in [0.1, 0.15) is 17.5 Å². The standard InChI is InChI=1S/C34H39F4N5O4/c1-19(2)11-28(43-18-22(7-9-41(5)6)25(16-30(43)44)34(36,37)38)33(47)40-26(17-31(45)46)23-14-27(42-10-8-39-29(42)15-23)32-20(3)12-24(35)13-21(32)4/h8,10,12-16,18-19,26,28H,7,9,11,17H2,1-6H3,(H,40,47)(H,45,46)/t26-,28+/m0/s1. The maximum atomic E-state index is 14.2. The lowest BCUT2D eigenvalue weighted by Crippen LogP contribution is -2.40. The van der Waals surface area contributed by atoms with E-state index in [1.54, 1.807) is 61.8 Å². The first kappa shape index (κ1) is 35.3. The van der Waals surface area contributed by atoms with Gasteiger partial charge in [-0.1, -0.05) is 13.8 Å². The van der Waals surface area contributed by atoms with Gasteiger partial charge in [-0.25, -0.2) is 9.37 Å². The third kappa shape index (κ3) is 8.26. The fourth-order valence-electron chi connectivity index (χ4n) is 5.88. The van der Waals surface area contributed by atoms with E-state index in [9.17, 15) is 37.1 Å².